The number of carboxylic acid groups (broad SMARTS) is 1. The smallest absolute Gasteiger partial charge is 0.326 e. The van der Waals surface area contributed by atoms with Gasteiger partial charge in [0, 0.05) is 0 Å². The van der Waals surface area contributed by atoms with E-state index in [-0.39, 0.29) is 17.6 Å². The lowest BCUT2D eigenvalue weighted by molar-refractivity contribution is -0.139. The van der Waals surface area contributed by atoms with Crippen LogP contribution in [0.4, 0.5) is 4.39 Å². The molecule has 1 aromatic carbocycles. The molecule has 1 atom stereocenters. The highest BCUT2D eigenvalue weighted by Gasteiger charge is 2.24. The molecule has 0 aliphatic carbocycles. The maximum absolute atomic E-state index is 13.0. The van der Waals surface area contributed by atoms with Crippen molar-refractivity contribution in [2.45, 2.75) is 33.2 Å². The van der Waals surface area contributed by atoms with E-state index in [1.807, 2.05) is 13.8 Å². The summed E-state index contributed by atoms with van der Waals surface area (Å²) < 4.78 is 14.4. The zero-order valence-corrected chi connectivity index (χ0v) is 13.7. The van der Waals surface area contributed by atoms with Gasteiger partial charge in [-0.05, 0) is 43.5 Å². The van der Waals surface area contributed by atoms with E-state index < -0.39 is 17.9 Å². The molecule has 0 aliphatic rings. The Labute approximate surface area is 138 Å². The lowest BCUT2D eigenvalue weighted by Gasteiger charge is -2.15. The molecule has 1 heterocycles. The number of carbonyl (C=O) groups is 2. The minimum Gasteiger partial charge on any atom is -0.480 e. The fourth-order valence-corrected chi connectivity index (χ4v) is 2.23. The molecule has 7 nitrogen and oxygen atoms in total. The fourth-order valence-electron chi connectivity index (χ4n) is 2.23. The van der Waals surface area contributed by atoms with E-state index in [0.717, 1.165) is 0 Å². The zero-order valence-electron chi connectivity index (χ0n) is 13.7. The Morgan fingerprint density at radius 3 is 2.46 bits per heavy atom. The topological polar surface area (TPSA) is 97.1 Å². The second-order valence-electron chi connectivity index (χ2n) is 5.86. The van der Waals surface area contributed by atoms with Gasteiger partial charge in [-0.2, -0.15) is 0 Å². The molecule has 0 saturated carbocycles. The number of halogens is 1. The van der Waals surface area contributed by atoms with E-state index in [0.29, 0.717) is 17.9 Å². The van der Waals surface area contributed by atoms with Crippen LogP contribution in [0.2, 0.25) is 0 Å². The second kappa shape index (κ2) is 7.20. The van der Waals surface area contributed by atoms with Crippen molar-refractivity contribution in [2.24, 2.45) is 5.92 Å². The molecule has 8 heteroatoms. The van der Waals surface area contributed by atoms with E-state index in [1.54, 1.807) is 6.92 Å². The first-order chi connectivity index (χ1) is 11.3. The summed E-state index contributed by atoms with van der Waals surface area (Å²) in [7, 11) is 0. The van der Waals surface area contributed by atoms with Crippen molar-refractivity contribution >= 4 is 11.9 Å². The molecule has 1 unspecified atom stereocenters. The number of benzene rings is 1. The van der Waals surface area contributed by atoms with Crippen LogP contribution in [0.25, 0.3) is 5.69 Å². The SMILES string of the molecule is Cc1nc(C(=O)NC(CC(C)C)C(=O)O)nn1-c1ccc(F)cc1. The van der Waals surface area contributed by atoms with Crippen molar-refractivity contribution in [3.05, 3.63) is 41.7 Å². The van der Waals surface area contributed by atoms with E-state index >= 15 is 0 Å². The fraction of sp³-hybridized carbons (Fsp3) is 0.375. The van der Waals surface area contributed by atoms with Crippen LogP contribution in [0.3, 0.4) is 0 Å². The van der Waals surface area contributed by atoms with Gasteiger partial charge in [0.05, 0.1) is 5.69 Å². The van der Waals surface area contributed by atoms with E-state index in [2.05, 4.69) is 15.4 Å². The predicted octanol–water partition coefficient (Wildman–Crippen LogP) is 1.94. The lowest BCUT2D eigenvalue weighted by atomic mass is 10.0. The van der Waals surface area contributed by atoms with Gasteiger partial charge in [0.15, 0.2) is 0 Å². The third-order valence-electron chi connectivity index (χ3n) is 3.35. The summed E-state index contributed by atoms with van der Waals surface area (Å²) in [4.78, 5) is 27.5. The van der Waals surface area contributed by atoms with Crippen molar-refractivity contribution in [2.75, 3.05) is 0 Å². The molecule has 1 amide bonds. The summed E-state index contributed by atoms with van der Waals surface area (Å²) in [5, 5.41) is 15.7. The van der Waals surface area contributed by atoms with Gasteiger partial charge in [0.1, 0.15) is 17.7 Å². The third-order valence-corrected chi connectivity index (χ3v) is 3.35. The molecular weight excluding hydrogens is 315 g/mol. The average molecular weight is 334 g/mol. The summed E-state index contributed by atoms with van der Waals surface area (Å²) in [6.07, 6.45) is 0.304. The number of hydrogen-bond acceptors (Lipinski definition) is 4. The first-order valence-electron chi connectivity index (χ1n) is 7.51. The Hall–Kier alpha value is -2.77. The quantitative estimate of drug-likeness (QED) is 0.841. The summed E-state index contributed by atoms with van der Waals surface area (Å²) in [6, 6.07) is 4.57. The number of rotatable bonds is 6. The minimum absolute atomic E-state index is 0.109. The highest BCUT2D eigenvalue weighted by molar-refractivity contribution is 5.93. The average Bonchev–Trinajstić information content (AvgIpc) is 2.89. The molecule has 2 rings (SSSR count). The van der Waals surface area contributed by atoms with Crippen LogP contribution in [-0.2, 0) is 4.79 Å². The normalized spacial score (nSPS) is 12.2. The van der Waals surface area contributed by atoms with Gasteiger partial charge in [-0.25, -0.2) is 18.9 Å². The molecule has 2 N–H and O–H groups in total. The van der Waals surface area contributed by atoms with Crippen LogP contribution in [-0.4, -0.2) is 37.8 Å². The maximum Gasteiger partial charge on any atom is 0.326 e. The molecule has 2 aromatic rings. The summed E-state index contributed by atoms with van der Waals surface area (Å²) in [6.45, 7) is 5.39. The summed E-state index contributed by atoms with van der Waals surface area (Å²) in [5.41, 5.74) is 0.553. The van der Waals surface area contributed by atoms with Crippen molar-refractivity contribution in [3.63, 3.8) is 0 Å². The number of carboxylic acids is 1. The first kappa shape index (κ1) is 17.6. The molecule has 0 aliphatic heterocycles. The number of nitrogens with zero attached hydrogens (tertiary/aromatic N) is 3. The first-order valence-corrected chi connectivity index (χ1v) is 7.51. The van der Waals surface area contributed by atoms with Gasteiger partial charge in [-0.1, -0.05) is 13.8 Å². The van der Waals surface area contributed by atoms with Gasteiger partial charge in [-0.3, -0.25) is 4.79 Å². The number of aliphatic carboxylic acids is 1. The van der Waals surface area contributed by atoms with Crippen LogP contribution in [0.15, 0.2) is 24.3 Å². The van der Waals surface area contributed by atoms with Gasteiger partial charge >= 0.3 is 5.97 Å². The standard InChI is InChI=1S/C16H19FN4O3/c1-9(2)8-13(16(23)24)19-15(22)14-18-10(3)21(20-14)12-6-4-11(17)5-7-12/h4-7,9,13H,8H2,1-3H3,(H,19,22)(H,23,24). The van der Waals surface area contributed by atoms with Gasteiger partial charge in [0.25, 0.3) is 5.91 Å². The Morgan fingerprint density at radius 1 is 1.29 bits per heavy atom. The predicted molar refractivity (Wildman–Crippen MR) is 84.4 cm³/mol. The lowest BCUT2D eigenvalue weighted by Crippen LogP contribution is -2.42. The number of aryl methyl sites for hydroxylation is 1. The monoisotopic (exact) mass is 334 g/mol. The highest BCUT2D eigenvalue weighted by Crippen LogP contribution is 2.11. The molecular formula is C16H19FN4O3. The van der Waals surface area contributed by atoms with Crippen LogP contribution < -0.4 is 5.32 Å². The largest absolute Gasteiger partial charge is 0.480 e. The number of nitrogens with one attached hydrogen (secondary N) is 1. The Kier molecular flexibility index (Phi) is 5.28. The van der Waals surface area contributed by atoms with Crippen LogP contribution in [0.5, 0.6) is 0 Å². The summed E-state index contributed by atoms with van der Waals surface area (Å²) in [5.74, 6) is -1.74. The molecule has 24 heavy (non-hydrogen) atoms. The van der Waals surface area contributed by atoms with Crippen molar-refractivity contribution < 1.29 is 19.1 Å². The zero-order chi connectivity index (χ0) is 17.9. The minimum atomic E-state index is -1.10. The van der Waals surface area contributed by atoms with Crippen LogP contribution >= 0.6 is 0 Å². The highest BCUT2D eigenvalue weighted by atomic mass is 19.1. The molecule has 128 valence electrons. The Bertz CT molecular complexity index is 740. The van der Waals surface area contributed by atoms with E-state index in [9.17, 15) is 19.1 Å². The molecule has 0 saturated heterocycles. The molecule has 0 bridgehead atoms. The second-order valence-corrected chi connectivity index (χ2v) is 5.86. The van der Waals surface area contributed by atoms with Gasteiger partial charge in [0.2, 0.25) is 5.82 Å². The molecule has 1 aromatic heterocycles. The number of amides is 1. The Morgan fingerprint density at radius 2 is 1.92 bits per heavy atom. The third kappa shape index (κ3) is 4.15. The van der Waals surface area contributed by atoms with Crippen molar-refractivity contribution in [3.8, 4) is 5.69 Å². The van der Waals surface area contributed by atoms with Gasteiger partial charge < -0.3 is 10.4 Å². The number of carbonyl (C=O) groups excluding carboxylic acids is 1. The summed E-state index contributed by atoms with van der Waals surface area (Å²) >= 11 is 0. The van der Waals surface area contributed by atoms with Gasteiger partial charge in [-0.15, -0.1) is 5.10 Å². The molecule has 0 fully saturated rings. The maximum atomic E-state index is 13.0. The van der Waals surface area contributed by atoms with Crippen molar-refractivity contribution in [1.29, 1.82) is 0 Å². The van der Waals surface area contributed by atoms with Crippen molar-refractivity contribution in [1.82, 2.24) is 20.1 Å². The molecule has 0 spiro atoms. The molecule has 0 radical (unpaired) electrons. The number of hydrogen-bond donors (Lipinski definition) is 2. The Balaban J connectivity index is 2.20. The number of aromatic nitrogens is 3. The van der Waals surface area contributed by atoms with E-state index in [4.69, 9.17) is 0 Å². The van der Waals surface area contributed by atoms with Crippen LogP contribution in [0, 0.1) is 18.7 Å². The van der Waals surface area contributed by atoms with Crippen LogP contribution in [0.1, 0.15) is 36.7 Å². The van der Waals surface area contributed by atoms with E-state index in [1.165, 1.54) is 28.9 Å².